The van der Waals surface area contributed by atoms with Gasteiger partial charge in [0, 0.05) is 19.3 Å². The van der Waals surface area contributed by atoms with Gasteiger partial charge < -0.3 is 23.8 Å². The SMILES string of the molecule is CCCCCCCCC/C=C/CCCCCCCC(=O)OC(COCCC(C(=O)O)[N+](C)(C)C)COC(=O)CCCCCCCCCCCCCCCCCCCCCCCCC. The minimum Gasteiger partial charge on any atom is -0.477 e. The van der Waals surface area contributed by atoms with Crippen LogP contribution < -0.4 is 0 Å². The number of hydrogen-bond acceptors (Lipinski definition) is 6. The molecule has 2 atom stereocenters. The summed E-state index contributed by atoms with van der Waals surface area (Å²) in [4.78, 5) is 37.2. The number of carboxylic acids is 1. The third-order valence-corrected chi connectivity index (χ3v) is 12.7. The van der Waals surface area contributed by atoms with Gasteiger partial charge in [0.2, 0.25) is 0 Å². The Morgan fingerprint density at radius 1 is 0.460 bits per heavy atom. The van der Waals surface area contributed by atoms with Crippen molar-refractivity contribution in [2.24, 2.45) is 0 Å². The van der Waals surface area contributed by atoms with Crippen LogP contribution in [0.2, 0.25) is 0 Å². The van der Waals surface area contributed by atoms with E-state index in [1.54, 1.807) is 0 Å². The third-order valence-electron chi connectivity index (χ3n) is 12.7. The number of nitrogens with zero attached hydrogens (tertiary/aromatic N) is 1. The Kier molecular flexibility index (Phi) is 45.2. The van der Waals surface area contributed by atoms with E-state index in [-0.39, 0.29) is 36.2 Å². The van der Waals surface area contributed by atoms with Crippen molar-refractivity contribution >= 4 is 17.9 Å². The summed E-state index contributed by atoms with van der Waals surface area (Å²) < 4.78 is 17.4. The second kappa shape index (κ2) is 46.6. The van der Waals surface area contributed by atoms with Gasteiger partial charge >= 0.3 is 17.9 Å². The van der Waals surface area contributed by atoms with Crippen LogP contribution in [0.1, 0.15) is 271 Å². The van der Waals surface area contributed by atoms with Gasteiger partial charge in [-0.25, -0.2) is 4.79 Å². The molecular formula is C55H106NO7+. The normalized spacial score (nSPS) is 12.8. The van der Waals surface area contributed by atoms with Crippen LogP contribution in [0.25, 0.3) is 0 Å². The molecule has 0 saturated carbocycles. The highest BCUT2D eigenvalue weighted by molar-refractivity contribution is 5.72. The minimum absolute atomic E-state index is 0.0475. The lowest BCUT2D eigenvalue weighted by molar-refractivity contribution is -0.887. The summed E-state index contributed by atoms with van der Waals surface area (Å²) in [6.07, 6.45) is 52.7. The first-order valence-electron chi connectivity index (χ1n) is 27.2. The molecule has 0 rings (SSSR count). The number of ether oxygens (including phenoxy) is 3. The predicted molar refractivity (Wildman–Crippen MR) is 266 cm³/mol. The molecule has 2 unspecified atom stereocenters. The van der Waals surface area contributed by atoms with E-state index in [2.05, 4.69) is 26.0 Å². The van der Waals surface area contributed by atoms with Crippen molar-refractivity contribution < 1.29 is 38.2 Å². The van der Waals surface area contributed by atoms with Crippen molar-refractivity contribution in [3.63, 3.8) is 0 Å². The first-order valence-corrected chi connectivity index (χ1v) is 27.2. The van der Waals surface area contributed by atoms with Gasteiger partial charge in [-0.3, -0.25) is 9.59 Å². The Balaban J connectivity index is 4.14. The molecule has 0 aromatic heterocycles. The molecule has 0 aromatic carbocycles. The number of hydrogen-bond donors (Lipinski definition) is 1. The number of unbranched alkanes of at least 4 members (excludes halogenated alkanes) is 34. The van der Waals surface area contributed by atoms with E-state index in [0.29, 0.717) is 19.3 Å². The summed E-state index contributed by atoms with van der Waals surface area (Å²) in [6, 6.07) is -0.613. The summed E-state index contributed by atoms with van der Waals surface area (Å²) in [5, 5.41) is 9.66. The van der Waals surface area contributed by atoms with Crippen LogP contribution in [-0.4, -0.2) is 80.6 Å². The minimum atomic E-state index is -0.871. The van der Waals surface area contributed by atoms with Gasteiger partial charge in [0.15, 0.2) is 12.1 Å². The second-order valence-electron chi connectivity index (χ2n) is 19.8. The fraction of sp³-hybridized carbons (Fsp3) is 0.909. The number of quaternary nitrogens is 1. The smallest absolute Gasteiger partial charge is 0.362 e. The van der Waals surface area contributed by atoms with E-state index in [1.165, 1.54) is 186 Å². The average Bonchev–Trinajstić information content (AvgIpc) is 3.24. The zero-order chi connectivity index (χ0) is 46.3. The van der Waals surface area contributed by atoms with E-state index in [0.717, 1.165) is 51.4 Å². The Labute approximate surface area is 390 Å². The van der Waals surface area contributed by atoms with Crippen LogP contribution in [0.3, 0.4) is 0 Å². The monoisotopic (exact) mass is 893 g/mol. The Bertz CT molecular complexity index is 1040. The molecule has 63 heavy (non-hydrogen) atoms. The molecule has 0 saturated heterocycles. The molecule has 0 spiro atoms. The van der Waals surface area contributed by atoms with Gasteiger partial charge in [0.25, 0.3) is 0 Å². The molecule has 0 fully saturated rings. The molecule has 0 heterocycles. The zero-order valence-corrected chi connectivity index (χ0v) is 42.6. The molecule has 0 amide bonds. The molecule has 0 aliphatic rings. The van der Waals surface area contributed by atoms with Gasteiger partial charge in [-0.2, -0.15) is 0 Å². The molecule has 0 aromatic rings. The summed E-state index contributed by atoms with van der Waals surface area (Å²) in [7, 11) is 5.55. The van der Waals surface area contributed by atoms with Crippen LogP contribution >= 0.6 is 0 Å². The maximum Gasteiger partial charge on any atom is 0.362 e. The van der Waals surface area contributed by atoms with Gasteiger partial charge in [-0.1, -0.05) is 225 Å². The molecule has 0 aliphatic carbocycles. The molecule has 0 radical (unpaired) electrons. The predicted octanol–water partition coefficient (Wildman–Crippen LogP) is 15.8. The standard InChI is InChI=1S/C55H105NO7/c1-6-8-10-12-14-16-18-20-22-24-25-26-27-28-29-30-32-33-35-37-39-41-43-45-53(57)62-50-51(49-61-48-47-52(55(59)60)56(3,4)5)63-54(58)46-44-42-40-38-36-34-31-23-21-19-17-15-13-11-9-7-2/h23,31,51-52H,6-22,24-30,32-50H2,1-5H3/p+1/b31-23+. The lowest BCUT2D eigenvalue weighted by atomic mass is 10.0. The van der Waals surface area contributed by atoms with Gasteiger partial charge in [0.05, 0.1) is 34.4 Å². The fourth-order valence-corrected chi connectivity index (χ4v) is 8.44. The van der Waals surface area contributed by atoms with E-state index >= 15 is 0 Å². The van der Waals surface area contributed by atoms with E-state index in [4.69, 9.17) is 14.2 Å². The third kappa shape index (κ3) is 45.0. The first-order chi connectivity index (χ1) is 30.6. The summed E-state index contributed by atoms with van der Waals surface area (Å²) in [6.45, 7) is 4.78. The van der Waals surface area contributed by atoms with E-state index in [1.807, 2.05) is 21.1 Å². The van der Waals surface area contributed by atoms with Crippen LogP contribution in [-0.2, 0) is 28.6 Å². The maximum atomic E-state index is 12.8. The highest BCUT2D eigenvalue weighted by Crippen LogP contribution is 2.17. The van der Waals surface area contributed by atoms with Gasteiger partial charge in [0.1, 0.15) is 6.61 Å². The van der Waals surface area contributed by atoms with E-state index < -0.39 is 18.1 Å². The number of rotatable bonds is 50. The topological polar surface area (TPSA) is 99.1 Å². The average molecular weight is 893 g/mol. The molecule has 8 heteroatoms. The number of carbonyl (C=O) groups is 3. The van der Waals surface area contributed by atoms with Crippen molar-refractivity contribution in [3.8, 4) is 0 Å². The van der Waals surface area contributed by atoms with Gasteiger partial charge in [-0.05, 0) is 38.5 Å². The quantitative estimate of drug-likeness (QED) is 0.0281. The molecular weight excluding hydrogens is 787 g/mol. The van der Waals surface area contributed by atoms with Crippen molar-refractivity contribution in [2.75, 3.05) is 41.0 Å². The molecule has 372 valence electrons. The van der Waals surface area contributed by atoms with Crippen LogP contribution in [0.15, 0.2) is 12.2 Å². The highest BCUT2D eigenvalue weighted by atomic mass is 16.6. The largest absolute Gasteiger partial charge is 0.477 e. The van der Waals surface area contributed by atoms with E-state index in [9.17, 15) is 19.5 Å². The summed E-state index contributed by atoms with van der Waals surface area (Å²) in [5.41, 5.74) is 0. The number of allylic oxidation sites excluding steroid dienone is 2. The fourth-order valence-electron chi connectivity index (χ4n) is 8.44. The highest BCUT2D eigenvalue weighted by Gasteiger charge is 2.31. The van der Waals surface area contributed by atoms with Crippen molar-refractivity contribution in [1.29, 1.82) is 0 Å². The number of carbonyl (C=O) groups excluding carboxylic acids is 2. The lowest BCUT2D eigenvalue weighted by Crippen LogP contribution is -2.50. The number of aliphatic carboxylic acids is 1. The number of esters is 2. The molecule has 8 nitrogen and oxygen atoms in total. The summed E-state index contributed by atoms with van der Waals surface area (Å²) in [5.74, 6) is -1.45. The molecule has 0 bridgehead atoms. The van der Waals surface area contributed by atoms with Crippen molar-refractivity contribution in [1.82, 2.24) is 0 Å². The first kappa shape index (κ1) is 61.1. The van der Waals surface area contributed by atoms with Gasteiger partial charge in [-0.15, -0.1) is 0 Å². The Morgan fingerprint density at radius 2 is 0.794 bits per heavy atom. The van der Waals surface area contributed by atoms with Crippen molar-refractivity contribution in [3.05, 3.63) is 12.2 Å². The van der Waals surface area contributed by atoms with Crippen molar-refractivity contribution in [2.45, 2.75) is 283 Å². The second-order valence-corrected chi connectivity index (χ2v) is 19.8. The Morgan fingerprint density at radius 3 is 1.14 bits per heavy atom. The maximum absolute atomic E-state index is 12.8. The van der Waals surface area contributed by atoms with Crippen LogP contribution in [0.5, 0.6) is 0 Å². The summed E-state index contributed by atoms with van der Waals surface area (Å²) >= 11 is 0. The zero-order valence-electron chi connectivity index (χ0n) is 42.6. The molecule has 1 N–H and O–H groups in total. The lowest BCUT2D eigenvalue weighted by Gasteiger charge is -2.31. The Hall–Kier alpha value is -1.93. The number of likely N-dealkylation sites (N-methyl/N-ethyl adjacent to an activating group) is 1. The van der Waals surface area contributed by atoms with Crippen LogP contribution in [0.4, 0.5) is 0 Å². The number of carboxylic acid groups (broad SMARTS) is 1. The molecule has 0 aliphatic heterocycles. The van der Waals surface area contributed by atoms with Crippen LogP contribution in [0, 0.1) is 0 Å².